The highest BCUT2D eigenvalue weighted by Gasteiger charge is 2.01. The second-order valence-corrected chi connectivity index (χ2v) is 2.49. The zero-order chi connectivity index (χ0) is 9.14. The van der Waals surface area contributed by atoms with Gasteiger partial charge >= 0.3 is 0 Å². The fraction of sp³-hybridized carbons (Fsp3) is 0.250. The van der Waals surface area contributed by atoms with Crippen molar-refractivity contribution in [1.82, 2.24) is 4.98 Å². The molecular weight excluding hydrogens is 154 g/mol. The Morgan fingerprint density at radius 2 is 2.33 bits per heavy atom. The van der Waals surface area contributed by atoms with Crippen molar-refractivity contribution in [1.29, 1.82) is 5.26 Å². The molecule has 4 heteroatoms. The summed E-state index contributed by atoms with van der Waals surface area (Å²) in [7, 11) is 1.50. The van der Waals surface area contributed by atoms with Gasteiger partial charge in [0.05, 0.1) is 11.9 Å². The first-order chi connectivity index (χ1) is 5.65. The minimum Gasteiger partial charge on any atom is -0.289 e. The van der Waals surface area contributed by atoms with Gasteiger partial charge in [-0.1, -0.05) is 0 Å². The summed E-state index contributed by atoms with van der Waals surface area (Å²) < 4.78 is 0. The second kappa shape index (κ2) is 3.20. The number of nitrogens with zero attached hydrogens (tertiary/aromatic N) is 3. The molecule has 62 valence electrons. The van der Waals surface area contributed by atoms with E-state index in [1.165, 1.54) is 13.2 Å². The Kier molecular flexibility index (Phi) is 2.26. The molecule has 0 aliphatic rings. The van der Waals surface area contributed by atoms with Gasteiger partial charge in [0, 0.05) is 7.05 Å². The average Bonchev–Trinajstić information content (AvgIpc) is 2.04. The standard InChI is InChI=1S/C8H9N3O/c1-6-3-7(11(2)12)5-10-8(6)4-9/h3,5,12H,1-2H3. The summed E-state index contributed by atoms with van der Waals surface area (Å²) in [5.74, 6) is 0. The number of hydrogen-bond acceptors (Lipinski definition) is 4. The summed E-state index contributed by atoms with van der Waals surface area (Å²) in [6.45, 7) is 1.78. The van der Waals surface area contributed by atoms with Crippen molar-refractivity contribution in [2.75, 3.05) is 12.1 Å². The number of nitriles is 1. The Morgan fingerprint density at radius 3 is 2.75 bits per heavy atom. The zero-order valence-electron chi connectivity index (χ0n) is 6.94. The highest BCUT2D eigenvalue weighted by Crippen LogP contribution is 2.13. The molecule has 1 aromatic heterocycles. The van der Waals surface area contributed by atoms with E-state index in [0.717, 1.165) is 10.6 Å². The molecule has 0 aliphatic heterocycles. The largest absolute Gasteiger partial charge is 0.289 e. The number of anilines is 1. The van der Waals surface area contributed by atoms with Crippen molar-refractivity contribution in [3.05, 3.63) is 23.5 Å². The highest BCUT2D eigenvalue weighted by atomic mass is 16.5. The van der Waals surface area contributed by atoms with Gasteiger partial charge in [-0.25, -0.2) is 4.98 Å². The SMILES string of the molecule is Cc1cc(N(C)O)cnc1C#N. The Labute approximate surface area is 70.6 Å². The predicted molar refractivity (Wildman–Crippen MR) is 43.9 cm³/mol. The van der Waals surface area contributed by atoms with Gasteiger partial charge in [0.1, 0.15) is 11.8 Å². The zero-order valence-corrected chi connectivity index (χ0v) is 6.94. The lowest BCUT2D eigenvalue weighted by Crippen LogP contribution is -2.10. The molecule has 0 fully saturated rings. The van der Waals surface area contributed by atoms with Crippen LogP contribution < -0.4 is 5.06 Å². The first kappa shape index (κ1) is 8.50. The summed E-state index contributed by atoms with van der Waals surface area (Å²) in [5, 5.41) is 18.5. The predicted octanol–water partition coefficient (Wildman–Crippen LogP) is 1.09. The molecule has 0 aromatic carbocycles. The summed E-state index contributed by atoms with van der Waals surface area (Å²) in [6, 6.07) is 3.65. The molecular formula is C8H9N3O. The van der Waals surface area contributed by atoms with E-state index in [1.807, 2.05) is 6.07 Å². The van der Waals surface area contributed by atoms with E-state index in [4.69, 9.17) is 10.5 Å². The van der Waals surface area contributed by atoms with Crippen LogP contribution in [0.25, 0.3) is 0 Å². The quantitative estimate of drug-likeness (QED) is 0.629. The van der Waals surface area contributed by atoms with Crippen LogP contribution in [0, 0.1) is 18.3 Å². The number of aryl methyl sites for hydroxylation is 1. The van der Waals surface area contributed by atoms with Crippen molar-refractivity contribution in [2.24, 2.45) is 0 Å². The maximum Gasteiger partial charge on any atom is 0.143 e. The molecule has 0 radical (unpaired) electrons. The molecule has 0 bridgehead atoms. The Balaban J connectivity index is 3.12. The van der Waals surface area contributed by atoms with E-state index in [0.29, 0.717) is 11.4 Å². The van der Waals surface area contributed by atoms with Crippen LogP contribution in [0.2, 0.25) is 0 Å². The van der Waals surface area contributed by atoms with Crippen LogP contribution in [-0.2, 0) is 0 Å². The van der Waals surface area contributed by atoms with Crippen LogP contribution in [0.4, 0.5) is 5.69 Å². The van der Waals surface area contributed by atoms with E-state index in [1.54, 1.807) is 13.0 Å². The molecule has 0 atom stereocenters. The smallest absolute Gasteiger partial charge is 0.143 e. The summed E-state index contributed by atoms with van der Waals surface area (Å²) >= 11 is 0. The molecule has 1 rings (SSSR count). The topological polar surface area (TPSA) is 60.1 Å². The van der Waals surface area contributed by atoms with Gasteiger partial charge in [-0.15, -0.1) is 0 Å². The van der Waals surface area contributed by atoms with Crippen LogP contribution in [-0.4, -0.2) is 17.2 Å². The molecule has 0 amide bonds. The molecule has 1 N–H and O–H groups in total. The van der Waals surface area contributed by atoms with Crippen LogP contribution in [0.3, 0.4) is 0 Å². The van der Waals surface area contributed by atoms with E-state index < -0.39 is 0 Å². The fourth-order valence-electron chi connectivity index (χ4n) is 0.854. The van der Waals surface area contributed by atoms with Crippen molar-refractivity contribution >= 4 is 5.69 Å². The normalized spacial score (nSPS) is 9.17. The number of hydrogen-bond donors (Lipinski definition) is 1. The van der Waals surface area contributed by atoms with Crippen molar-refractivity contribution in [3.8, 4) is 6.07 Å². The molecule has 12 heavy (non-hydrogen) atoms. The van der Waals surface area contributed by atoms with Crippen molar-refractivity contribution in [2.45, 2.75) is 6.92 Å². The van der Waals surface area contributed by atoms with Gasteiger partial charge in [-0.2, -0.15) is 5.26 Å². The van der Waals surface area contributed by atoms with Crippen LogP contribution in [0.5, 0.6) is 0 Å². The molecule has 0 unspecified atom stereocenters. The first-order valence-corrected chi connectivity index (χ1v) is 3.44. The lowest BCUT2D eigenvalue weighted by atomic mass is 10.2. The number of rotatable bonds is 1. The van der Waals surface area contributed by atoms with Gasteiger partial charge < -0.3 is 0 Å². The summed E-state index contributed by atoms with van der Waals surface area (Å²) in [5.41, 5.74) is 1.73. The van der Waals surface area contributed by atoms with Crippen LogP contribution in [0.15, 0.2) is 12.3 Å². The molecule has 0 spiro atoms. The van der Waals surface area contributed by atoms with Crippen LogP contribution >= 0.6 is 0 Å². The third-order valence-corrected chi connectivity index (χ3v) is 1.54. The number of aromatic nitrogens is 1. The highest BCUT2D eigenvalue weighted by molar-refractivity contribution is 5.46. The van der Waals surface area contributed by atoms with Gasteiger partial charge in [-0.3, -0.25) is 10.3 Å². The van der Waals surface area contributed by atoms with Gasteiger partial charge in [0.25, 0.3) is 0 Å². The maximum absolute atomic E-state index is 9.02. The number of pyridine rings is 1. The van der Waals surface area contributed by atoms with Gasteiger partial charge in [-0.05, 0) is 18.6 Å². The van der Waals surface area contributed by atoms with E-state index in [-0.39, 0.29) is 0 Å². The summed E-state index contributed by atoms with van der Waals surface area (Å²) in [6.07, 6.45) is 1.45. The summed E-state index contributed by atoms with van der Waals surface area (Å²) in [4.78, 5) is 3.86. The Hall–Kier alpha value is -1.60. The van der Waals surface area contributed by atoms with Crippen LogP contribution in [0.1, 0.15) is 11.3 Å². The molecule has 0 aliphatic carbocycles. The fourth-order valence-corrected chi connectivity index (χ4v) is 0.854. The number of hydroxylamine groups is 1. The van der Waals surface area contributed by atoms with E-state index in [9.17, 15) is 0 Å². The third kappa shape index (κ3) is 1.52. The third-order valence-electron chi connectivity index (χ3n) is 1.54. The Bertz CT molecular complexity index is 328. The lowest BCUT2D eigenvalue weighted by Gasteiger charge is -2.09. The molecule has 4 nitrogen and oxygen atoms in total. The molecule has 0 saturated carbocycles. The monoisotopic (exact) mass is 163 g/mol. The molecule has 1 heterocycles. The van der Waals surface area contributed by atoms with Gasteiger partial charge in [0.2, 0.25) is 0 Å². The lowest BCUT2D eigenvalue weighted by molar-refractivity contribution is 0.279. The van der Waals surface area contributed by atoms with Gasteiger partial charge in [0.15, 0.2) is 0 Å². The molecule has 0 saturated heterocycles. The van der Waals surface area contributed by atoms with Crippen molar-refractivity contribution < 1.29 is 5.21 Å². The minimum absolute atomic E-state index is 0.389. The molecule has 1 aromatic rings. The minimum atomic E-state index is 0.389. The van der Waals surface area contributed by atoms with E-state index >= 15 is 0 Å². The Morgan fingerprint density at radius 1 is 1.67 bits per heavy atom. The van der Waals surface area contributed by atoms with E-state index in [2.05, 4.69) is 4.98 Å². The maximum atomic E-state index is 9.02. The first-order valence-electron chi connectivity index (χ1n) is 3.44. The average molecular weight is 163 g/mol. The van der Waals surface area contributed by atoms with Crippen molar-refractivity contribution in [3.63, 3.8) is 0 Å². The second-order valence-electron chi connectivity index (χ2n) is 2.49.